The van der Waals surface area contributed by atoms with Crippen molar-refractivity contribution in [1.82, 2.24) is 15.4 Å². The summed E-state index contributed by atoms with van der Waals surface area (Å²) in [5.41, 5.74) is 7.45. The number of ether oxygens (including phenoxy) is 1. The maximum absolute atomic E-state index is 13.0. The summed E-state index contributed by atoms with van der Waals surface area (Å²) in [6.45, 7) is 4.70. The molecule has 1 N–H and O–H groups in total. The Bertz CT molecular complexity index is 949. The van der Waals surface area contributed by atoms with Gasteiger partial charge in [-0.25, -0.2) is 9.99 Å². The van der Waals surface area contributed by atoms with E-state index in [0.29, 0.717) is 31.9 Å². The van der Waals surface area contributed by atoms with Crippen LogP contribution in [-0.2, 0) is 4.74 Å². The number of hydrogen-bond acceptors (Lipinski definition) is 4. The van der Waals surface area contributed by atoms with Gasteiger partial charge in [-0.1, -0.05) is 42.5 Å². The van der Waals surface area contributed by atoms with Crippen LogP contribution in [0.4, 0.5) is 0 Å². The molecule has 1 saturated heterocycles. The van der Waals surface area contributed by atoms with Gasteiger partial charge in [0, 0.05) is 24.0 Å². The summed E-state index contributed by atoms with van der Waals surface area (Å²) in [5.74, 6) is -0.111. The average molecular weight is 347 g/mol. The van der Waals surface area contributed by atoms with Crippen molar-refractivity contribution in [2.24, 2.45) is 0 Å². The number of carbonyl (C=O) groups excluding carboxylic acids is 1. The third-order valence-corrected chi connectivity index (χ3v) is 4.65. The topological polar surface area (TPSA) is 54.5 Å². The van der Waals surface area contributed by atoms with Crippen LogP contribution in [0.3, 0.4) is 0 Å². The van der Waals surface area contributed by atoms with Gasteiger partial charge in [0.1, 0.15) is 0 Å². The molecule has 2 aromatic carbocycles. The van der Waals surface area contributed by atoms with E-state index in [-0.39, 0.29) is 5.91 Å². The molecular formula is C21H21N3O2. The molecule has 5 heteroatoms. The van der Waals surface area contributed by atoms with E-state index in [1.54, 1.807) is 0 Å². The van der Waals surface area contributed by atoms with Crippen molar-refractivity contribution in [1.29, 1.82) is 0 Å². The van der Waals surface area contributed by atoms with Crippen LogP contribution in [0.1, 0.15) is 15.9 Å². The fourth-order valence-electron chi connectivity index (χ4n) is 3.24. The number of carbonyl (C=O) groups is 1. The van der Waals surface area contributed by atoms with E-state index in [4.69, 9.17) is 9.72 Å². The standard InChI is InChI=1S/C21H21N3O2/c1-15-6-2-3-7-16(15)20-14-18(17-8-4-5-9-19(17)22-20)21(25)23-24-10-12-26-13-11-24/h2-9,14H,10-13H2,1H3,(H,23,25). The highest BCUT2D eigenvalue weighted by molar-refractivity contribution is 6.07. The SMILES string of the molecule is Cc1ccccc1-c1cc(C(=O)NN2CCOCC2)c2ccccc2n1. The van der Waals surface area contributed by atoms with Gasteiger partial charge in [0.25, 0.3) is 5.91 Å². The van der Waals surface area contributed by atoms with Crippen LogP contribution in [0, 0.1) is 6.92 Å². The van der Waals surface area contributed by atoms with Crippen molar-refractivity contribution in [2.45, 2.75) is 6.92 Å². The predicted molar refractivity (Wildman–Crippen MR) is 102 cm³/mol. The number of aryl methyl sites for hydroxylation is 1. The number of hydrazine groups is 1. The number of hydrogen-bond donors (Lipinski definition) is 1. The van der Waals surface area contributed by atoms with Gasteiger partial charge < -0.3 is 4.74 Å². The van der Waals surface area contributed by atoms with Gasteiger partial charge in [-0.2, -0.15) is 0 Å². The molecule has 0 spiro atoms. The quantitative estimate of drug-likeness (QED) is 0.791. The van der Waals surface area contributed by atoms with Gasteiger partial charge in [-0.05, 0) is 24.6 Å². The first-order chi connectivity index (χ1) is 12.7. The summed E-state index contributed by atoms with van der Waals surface area (Å²) < 4.78 is 5.34. The second-order valence-electron chi connectivity index (χ2n) is 6.43. The Morgan fingerprint density at radius 1 is 1.08 bits per heavy atom. The van der Waals surface area contributed by atoms with E-state index in [0.717, 1.165) is 27.7 Å². The Labute approximate surface area is 152 Å². The highest BCUT2D eigenvalue weighted by Gasteiger charge is 2.18. The zero-order valence-corrected chi connectivity index (χ0v) is 14.7. The van der Waals surface area contributed by atoms with E-state index >= 15 is 0 Å². The molecule has 132 valence electrons. The van der Waals surface area contributed by atoms with E-state index in [1.807, 2.05) is 53.5 Å². The first-order valence-electron chi connectivity index (χ1n) is 8.82. The number of aromatic nitrogens is 1. The van der Waals surface area contributed by atoms with Gasteiger partial charge in [0.15, 0.2) is 0 Å². The molecule has 1 fully saturated rings. The molecule has 3 aromatic rings. The number of pyridine rings is 1. The lowest BCUT2D eigenvalue weighted by Gasteiger charge is -2.27. The second-order valence-corrected chi connectivity index (χ2v) is 6.43. The fraction of sp³-hybridized carbons (Fsp3) is 0.238. The van der Waals surface area contributed by atoms with Gasteiger partial charge >= 0.3 is 0 Å². The molecule has 1 aliphatic rings. The first kappa shape index (κ1) is 16.7. The van der Waals surface area contributed by atoms with E-state index in [9.17, 15) is 4.79 Å². The maximum atomic E-state index is 13.0. The van der Waals surface area contributed by atoms with E-state index in [1.165, 1.54) is 0 Å². The Morgan fingerprint density at radius 2 is 1.81 bits per heavy atom. The van der Waals surface area contributed by atoms with Crippen LogP contribution in [-0.4, -0.2) is 42.2 Å². The molecule has 0 atom stereocenters. The molecule has 0 aliphatic carbocycles. The van der Waals surface area contributed by atoms with Crippen LogP contribution >= 0.6 is 0 Å². The molecule has 1 amide bonds. The predicted octanol–water partition coefficient (Wildman–Crippen LogP) is 3.19. The van der Waals surface area contributed by atoms with Crippen LogP contribution in [0.15, 0.2) is 54.6 Å². The van der Waals surface area contributed by atoms with Crippen molar-refractivity contribution in [3.63, 3.8) is 0 Å². The van der Waals surface area contributed by atoms with Gasteiger partial charge in [-0.3, -0.25) is 10.2 Å². The number of morpholine rings is 1. The largest absolute Gasteiger partial charge is 0.379 e. The summed E-state index contributed by atoms with van der Waals surface area (Å²) in [5, 5.41) is 2.77. The average Bonchev–Trinajstić information content (AvgIpc) is 2.68. The maximum Gasteiger partial charge on any atom is 0.266 e. The second kappa shape index (κ2) is 7.23. The minimum Gasteiger partial charge on any atom is -0.379 e. The zero-order valence-electron chi connectivity index (χ0n) is 14.7. The molecule has 26 heavy (non-hydrogen) atoms. The summed E-state index contributed by atoms with van der Waals surface area (Å²) in [7, 11) is 0. The highest BCUT2D eigenvalue weighted by atomic mass is 16.5. The number of amides is 1. The number of para-hydroxylation sites is 1. The van der Waals surface area contributed by atoms with E-state index < -0.39 is 0 Å². The number of nitrogens with zero attached hydrogens (tertiary/aromatic N) is 2. The Balaban J connectivity index is 1.77. The minimum absolute atomic E-state index is 0.111. The van der Waals surface area contributed by atoms with Crippen molar-refractivity contribution >= 4 is 16.8 Å². The molecule has 2 heterocycles. The number of nitrogens with one attached hydrogen (secondary N) is 1. The van der Waals surface area contributed by atoms with Crippen molar-refractivity contribution in [2.75, 3.05) is 26.3 Å². The summed E-state index contributed by atoms with van der Waals surface area (Å²) in [6.07, 6.45) is 0. The lowest BCUT2D eigenvalue weighted by atomic mass is 10.0. The number of rotatable bonds is 3. The van der Waals surface area contributed by atoms with Gasteiger partial charge in [0.2, 0.25) is 0 Å². The Kier molecular flexibility index (Phi) is 4.65. The normalized spacial score (nSPS) is 15.1. The minimum atomic E-state index is -0.111. The first-order valence-corrected chi connectivity index (χ1v) is 8.82. The van der Waals surface area contributed by atoms with Gasteiger partial charge in [-0.15, -0.1) is 0 Å². The monoisotopic (exact) mass is 347 g/mol. The molecule has 0 saturated carbocycles. The van der Waals surface area contributed by atoms with Crippen molar-refractivity contribution < 1.29 is 9.53 Å². The smallest absolute Gasteiger partial charge is 0.266 e. The van der Waals surface area contributed by atoms with Crippen LogP contribution in [0.2, 0.25) is 0 Å². The molecule has 4 rings (SSSR count). The third kappa shape index (κ3) is 3.31. The zero-order chi connectivity index (χ0) is 17.9. The lowest BCUT2D eigenvalue weighted by Crippen LogP contribution is -2.48. The van der Waals surface area contributed by atoms with Crippen molar-refractivity contribution in [3.8, 4) is 11.3 Å². The number of benzene rings is 2. The third-order valence-electron chi connectivity index (χ3n) is 4.65. The number of fused-ring (bicyclic) bond motifs is 1. The molecule has 5 nitrogen and oxygen atoms in total. The Morgan fingerprint density at radius 3 is 2.62 bits per heavy atom. The van der Waals surface area contributed by atoms with Crippen molar-refractivity contribution in [3.05, 3.63) is 65.7 Å². The summed E-state index contributed by atoms with van der Waals surface area (Å²) >= 11 is 0. The van der Waals surface area contributed by atoms with Crippen LogP contribution < -0.4 is 5.43 Å². The molecule has 0 bridgehead atoms. The summed E-state index contributed by atoms with van der Waals surface area (Å²) in [4.78, 5) is 17.8. The fourth-order valence-corrected chi connectivity index (χ4v) is 3.24. The molecule has 0 unspecified atom stereocenters. The Hall–Kier alpha value is -2.76. The van der Waals surface area contributed by atoms with Gasteiger partial charge in [0.05, 0.1) is 30.0 Å². The van der Waals surface area contributed by atoms with Crippen LogP contribution in [0.25, 0.3) is 22.2 Å². The lowest BCUT2D eigenvalue weighted by molar-refractivity contribution is 0.0127. The molecule has 1 aromatic heterocycles. The van der Waals surface area contributed by atoms with Crippen LogP contribution in [0.5, 0.6) is 0 Å². The highest BCUT2D eigenvalue weighted by Crippen LogP contribution is 2.27. The molecular weight excluding hydrogens is 326 g/mol. The molecule has 0 radical (unpaired) electrons. The molecule has 1 aliphatic heterocycles. The summed E-state index contributed by atoms with van der Waals surface area (Å²) in [6, 6.07) is 17.7. The van der Waals surface area contributed by atoms with E-state index in [2.05, 4.69) is 18.4 Å².